The first-order valence-corrected chi connectivity index (χ1v) is 12.2. The number of carbonyl (C=O) groups is 2. The molecular formula is C26H26N8O2. The van der Waals surface area contributed by atoms with Gasteiger partial charge in [0.1, 0.15) is 5.82 Å². The SMILES string of the molecule is NC(=O)C1CCN(C(=O)CCCc2nnc3n4nc(-c5ccccc5)nc4c4ccccc4n23)CC1. The molecule has 0 radical (unpaired) electrons. The summed E-state index contributed by atoms with van der Waals surface area (Å²) in [5.41, 5.74) is 8.02. The van der Waals surface area contributed by atoms with E-state index in [1.54, 1.807) is 4.52 Å². The number of hydrogen-bond acceptors (Lipinski definition) is 6. The van der Waals surface area contributed by atoms with Crippen molar-refractivity contribution in [1.82, 2.24) is 34.1 Å². The van der Waals surface area contributed by atoms with Gasteiger partial charge in [-0.15, -0.1) is 15.3 Å². The van der Waals surface area contributed by atoms with Crippen molar-refractivity contribution in [2.45, 2.75) is 32.1 Å². The molecule has 1 aliphatic heterocycles. The molecule has 3 aromatic heterocycles. The Bertz CT molecular complexity index is 1580. The van der Waals surface area contributed by atoms with Crippen LogP contribution in [0.5, 0.6) is 0 Å². The van der Waals surface area contributed by atoms with Crippen molar-refractivity contribution in [1.29, 1.82) is 0 Å². The topological polar surface area (TPSA) is 124 Å². The van der Waals surface area contributed by atoms with E-state index in [1.807, 2.05) is 63.9 Å². The molecule has 0 bridgehead atoms. The van der Waals surface area contributed by atoms with Crippen LogP contribution in [0.1, 0.15) is 31.5 Å². The highest BCUT2D eigenvalue weighted by Crippen LogP contribution is 2.25. The molecule has 36 heavy (non-hydrogen) atoms. The number of hydrogen-bond donors (Lipinski definition) is 1. The summed E-state index contributed by atoms with van der Waals surface area (Å²) in [5.74, 6) is 1.70. The van der Waals surface area contributed by atoms with E-state index in [0.717, 1.165) is 27.9 Å². The lowest BCUT2D eigenvalue weighted by molar-refractivity contribution is -0.134. The van der Waals surface area contributed by atoms with Crippen LogP contribution in [0, 0.1) is 5.92 Å². The first kappa shape index (κ1) is 22.1. The summed E-state index contributed by atoms with van der Waals surface area (Å²) in [6, 6.07) is 17.9. The number of aromatic nitrogens is 6. The molecule has 0 saturated carbocycles. The van der Waals surface area contributed by atoms with Gasteiger partial charge in [0.05, 0.1) is 5.52 Å². The summed E-state index contributed by atoms with van der Waals surface area (Å²) in [7, 11) is 0. The van der Waals surface area contributed by atoms with Crippen molar-refractivity contribution in [2.24, 2.45) is 11.7 Å². The minimum Gasteiger partial charge on any atom is -0.369 e. The van der Waals surface area contributed by atoms with Crippen LogP contribution in [0.25, 0.3) is 33.7 Å². The average molecular weight is 483 g/mol. The molecule has 182 valence electrons. The fraction of sp³-hybridized carbons (Fsp3) is 0.308. The second kappa shape index (κ2) is 9.03. The van der Waals surface area contributed by atoms with Crippen molar-refractivity contribution < 1.29 is 9.59 Å². The zero-order chi connectivity index (χ0) is 24.6. The van der Waals surface area contributed by atoms with E-state index in [2.05, 4.69) is 10.2 Å². The predicted octanol–water partition coefficient (Wildman–Crippen LogP) is 2.64. The number of para-hydroxylation sites is 1. The van der Waals surface area contributed by atoms with Crippen LogP contribution in [-0.4, -0.2) is 59.0 Å². The van der Waals surface area contributed by atoms with Crippen LogP contribution >= 0.6 is 0 Å². The Hall–Kier alpha value is -4.34. The minimum atomic E-state index is -0.273. The van der Waals surface area contributed by atoms with Crippen LogP contribution < -0.4 is 5.73 Å². The monoisotopic (exact) mass is 482 g/mol. The maximum Gasteiger partial charge on any atom is 0.258 e. The molecule has 6 rings (SSSR count). The number of fused-ring (bicyclic) bond motifs is 6. The summed E-state index contributed by atoms with van der Waals surface area (Å²) in [6.07, 6.45) is 2.94. The molecule has 0 spiro atoms. The Balaban J connectivity index is 1.27. The molecule has 4 heterocycles. The van der Waals surface area contributed by atoms with Gasteiger partial charge in [-0.2, -0.15) is 4.52 Å². The maximum atomic E-state index is 12.7. The molecule has 0 unspecified atom stereocenters. The first-order chi connectivity index (χ1) is 17.6. The van der Waals surface area contributed by atoms with E-state index in [9.17, 15) is 9.59 Å². The number of amides is 2. The fourth-order valence-electron chi connectivity index (χ4n) is 5.02. The quantitative estimate of drug-likeness (QED) is 0.397. The highest BCUT2D eigenvalue weighted by Gasteiger charge is 2.26. The summed E-state index contributed by atoms with van der Waals surface area (Å²) in [6.45, 7) is 1.16. The number of rotatable bonds is 6. The number of benzene rings is 2. The number of nitrogens with two attached hydrogens (primary N) is 1. The minimum absolute atomic E-state index is 0.0998. The van der Waals surface area contributed by atoms with Crippen LogP contribution in [0.4, 0.5) is 0 Å². The van der Waals surface area contributed by atoms with E-state index in [0.29, 0.717) is 56.8 Å². The Kier molecular flexibility index (Phi) is 5.55. The maximum absolute atomic E-state index is 12.7. The second-order valence-corrected chi connectivity index (χ2v) is 9.22. The Morgan fingerprint density at radius 3 is 2.50 bits per heavy atom. The lowest BCUT2D eigenvalue weighted by Gasteiger charge is -2.30. The third-order valence-corrected chi connectivity index (χ3v) is 6.97. The lowest BCUT2D eigenvalue weighted by Crippen LogP contribution is -2.41. The molecule has 1 fully saturated rings. The first-order valence-electron chi connectivity index (χ1n) is 12.2. The number of primary amides is 1. The van der Waals surface area contributed by atoms with Gasteiger partial charge < -0.3 is 10.6 Å². The summed E-state index contributed by atoms with van der Waals surface area (Å²) in [5, 5.41) is 14.6. The number of aryl methyl sites for hydroxylation is 1. The molecular weight excluding hydrogens is 456 g/mol. The van der Waals surface area contributed by atoms with Gasteiger partial charge in [0, 0.05) is 42.8 Å². The van der Waals surface area contributed by atoms with E-state index in [1.165, 1.54) is 0 Å². The van der Waals surface area contributed by atoms with Gasteiger partial charge in [-0.05, 0) is 31.4 Å². The van der Waals surface area contributed by atoms with Gasteiger partial charge in [-0.1, -0.05) is 42.5 Å². The second-order valence-electron chi connectivity index (χ2n) is 9.22. The van der Waals surface area contributed by atoms with Gasteiger partial charge in [0.2, 0.25) is 11.8 Å². The summed E-state index contributed by atoms with van der Waals surface area (Å²) < 4.78 is 3.75. The van der Waals surface area contributed by atoms with Gasteiger partial charge in [0.25, 0.3) is 5.78 Å². The number of likely N-dealkylation sites (tertiary alicyclic amines) is 1. The molecule has 0 atom stereocenters. The lowest BCUT2D eigenvalue weighted by atomic mass is 9.96. The molecule has 2 N–H and O–H groups in total. The molecule has 2 amide bonds. The Labute approximate surface area is 206 Å². The molecule has 1 aliphatic rings. The molecule has 0 aliphatic carbocycles. The number of carbonyl (C=O) groups excluding carboxylic acids is 2. The van der Waals surface area contributed by atoms with E-state index in [-0.39, 0.29) is 17.7 Å². The molecule has 1 saturated heterocycles. The largest absolute Gasteiger partial charge is 0.369 e. The van der Waals surface area contributed by atoms with E-state index >= 15 is 0 Å². The van der Waals surface area contributed by atoms with E-state index < -0.39 is 0 Å². The highest BCUT2D eigenvalue weighted by atomic mass is 16.2. The molecule has 5 aromatic rings. The van der Waals surface area contributed by atoms with Crippen LogP contribution in [0.3, 0.4) is 0 Å². The number of nitrogens with zero attached hydrogens (tertiary/aromatic N) is 7. The molecule has 10 nitrogen and oxygen atoms in total. The van der Waals surface area contributed by atoms with Crippen molar-refractivity contribution in [3.8, 4) is 11.4 Å². The number of piperidine rings is 1. The van der Waals surface area contributed by atoms with Gasteiger partial charge >= 0.3 is 0 Å². The summed E-state index contributed by atoms with van der Waals surface area (Å²) in [4.78, 5) is 30.8. The third-order valence-electron chi connectivity index (χ3n) is 6.97. The predicted molar refractivity (Wildman–Crippen MR) is 134 cm³/mol. The fourth-order valence-corrected chi connectivity index (χ4v) is 5.02. The zero-order valence-electron chi connectivity index (χ0n) is 19.7. The van der Waals surface area contributed by atoms with Crippen molar-refractivity contribution in [2.75, 3.05) is 13.1 Å². The Morgan fingerprint density at radius 1 is 0.972 bits per heavy atom. The van der Waals surface area contributed by atoms with Crippen molar-refractivity contribution >= 4 is 34.1 Å². The normalized spacial score (nSPS) is 14.7. The third kappa shape index (κ3) is 3.84. The van der Waals surface area contributed by atoms with Crippen LogP contribution in [0.2, 0.25) is 0 Å². The molecule has 2 aromatic carbocycles. The highest BCUT2D eigenvalue weighted by molar-refractivity contribution is 5.94. The van der Waals surface area contributed by atoms with Crippen LogP contribution in [-0.2, 0) is 16.0 Å². The molecule has 10 heteroatoms. The Morgan fingerprint density at radius 2 is 1.72 bits per heavy atom. The average Bonchev–Trinajstić information content (AvgIpc) is 3.55. The van der Waals surface area contributed by atoms with Gasteiger partial charge in [0.15, 0.2) is 11.5 Å². The zero-order valence-corrected chi connectivity index (χ0v) is 19.7. The van der Waals surface area contributed by atoms with Gasteiger partial charge in [-0.25, -0.2) is 4.98 Å². The van der Waals surface area contributed by atoms with Crippen molar-refractivity contribution in [3.05, 3.63) is 60.4 Å². The smallest absolute Gasteiger partial charge is 0.258 e. The van der Waals surface area contributed by atoms with Crippen LogP contribution in [0.15, 0.2) is 54.6 Å². The summed E-state index contributed by atoms with van der Waals surface area (Å²) >= 11 is 0. The van der Waals surface area contributed by atoms with Crippen molar-refractivity contribution in [3.63, 3.8) is 0 Å². The van der Waals surface area contributed by atoms with Gasteiger partial charge in [-0.3, -0.25) is 14.0 Å². The van der Waals surface area contributed by atoms with E-state index in [4.69, 9.17) is 15.8 Å². The standard InChI is InChI=1S/C26H26N8O2/c27-23(36)17-13-15-32(16-14-17)22(35)12-6-11-21-29-30-26-33(21)20-10-5-4-9-19(20)25-28-24(31-34(25)26)18-7-2-1-3-8-18/h1-5,7-10,17H,6,11-16H2,(H2,27,36).